The quantitative estimate of drug-likeness (QED) is 0.648. The highest BCUT2D eigenvalue weighted by atomic mass is 19.1. The summed E-state index contributed by atoms with van der Waals surface area (Å²) in [5.74, 6) is -0.287. The standard InChI is InChI=1S/C25H28FN5O2/c1-18(25(32)28-20-4-8-21(9-5-20)29-12-14-33-15-13-29)30-11-10-24-23(16-30)27-17-31(24)22-6-2-19(26)3-7-22/h2-9,17-18H,10-16H2,1H3,(H,28,32). The molecule has 1 N–H and O–H groups in total. The summed E-state index contributed by atoms with van der Waals surface area (Å²) < 4.78 is 20.7. The first-order chi connectivity index (χ1) is 16.1. The Hall–Kier alpha value is -3.23. The summed E-state index contributed by atoms with van der Waals surface area (Å²) in [6.07, 6.45) is 2.56. The maximum Gasteiger partial charge on any atom is 0.241 e. The van der Waals surface area contributed by atoms with Crippen LogP contribution in [0.2, 0.25) is 0 Å². The number of hydrogen-bond acceptors (Lipinski definition) is 5. The predicted molar refractivity (Wildman–Crippen MR) is 125 cm³/mol. The van der Waals surface area contributed by atoms with Gasteiger partial charge in [0.15, 0.2) is 0 Å². The molecule has 3 heterocycles. The lowest BCUT2D eigenvalue weighted by atomic mass is 10.1. The third kappa shape index (κ3) is 4.62. The van der Waals surface area contributed by atoms with E-state index < -0.39 is 0 Å². The number of amides is 1. The minimum Gasteiger partial charge on any atom is -0.378 e. The molecule has 1 fully saturated rings. The van der Waals surface area contributed by atoms with Crippen LogP contribution in [-0.2, 0) is 22.5 Å². The molecule has 2 aliphatic heterocycles. The van der Waals surface area contributed by atoms with Gasteiger partial charge in [0.25, 0.3) is 0 Å². The maximum absolute atomic E-state index is 13.3. The van der Waals surface area contributed by atoms with Crippen LogP contribution < -0.4 is 10.2 Å². The molecule has 7 nitrogen and oxygen atoms in total. The van der Waals surface area contributed by atoms with Crippen LogP contribution in [0.3, 0.4) is 0 Å². The molecule has 2 aliphatic rings. The zero-order valence-corrected chi connectivity index (χ0v) is 18.7. The molecule has 1 unspecified atom stereocenters. The Morgan fingerprint density at radius 2 is 1.73 bits per heavy atom. The Morgan fingerprint density at radius 3 is 2.45 bits per heavy atom. The van der Waals surface area contributed by atoms with Crippen LogP contribution in [0.25, 0.3) is 5.69 Å². The van der Waals surface area contributed by atoms with Crippen molar-refractivity contribution in [2.75, 3.05) is 43.1 Å². The monoisotopic (exact) mass is 449 g/mol. The molecule has 5 rings (SSSR count). The number of nitrogens with zero attached hydrogens (tertiary/aromatic N) is 4. The number of imidazole rings is 1. The lowest BCUT2D eigenvalue weighted by molar-refractivity contribution is -0.121. The average molecular weight is 450 g/mol. The molecular weight excluding hydrogens is 421 g/mol. The van der Waals surface area contributed by atoms with Gasteiger partial charge in [0.1, 0.15) is 5.82 Å². The largest absolute Gasteiger partial charge is 0.378 e. The minimum atomic E-state index is -0.284. The van der Waals surface area contributed by atoms with Crippen molar-refractivity contribution in [2.24, 2.45) is 0 Å². The highest BCUT2D eigenvalue weighted by Crippen LogP contribution is 2.24. The summed E-state index contributed by atoms with van der Waals surface area (Å²) in [4.78, 5) is 21.9. The van der Waals surface area contributed by atoms with E-state index in [1.165, 1.54) is 12.1 Å². The Labute approximate surface area is 192 Å². The molecule has 0 aliphatic carbocycles. The Bertz CT molecular complexity index is 1110. The molecule has 0 spiro atoms. The van der Waals surface area contributed by atoms with Crippen LogP contribution >= 0.6 is 0 Å². The normalized spacial score (nSPS) is 17.5. The van der Waals surface area contributed by atoms with E-state index in [0.29, 0.717) is 6.54 Å². The molecule has 1 aromatic heterocycles. The molecule has 33 heavy (non-hydrogen) atoms. The fourth-order valence-electron chi connectivity index (χ4n) is 4.47. The second kappa shape index (κ2) is 9.33. The lowest BCUT2D eigenvalue weighted by Crippen LogP contribution is -2.44. The molecule has 0 radical (unpaired) electrons. The zero-order chi connectivity index (χ0) is 22.8. The fraction of sp³-hybridized carbons (Fsp3) is 0.360. The van der Waals surface area contributed by atoms with Crippen molar-refractivity contribution in [3.05, 3.63) is 72.1 Å². The van der Waals surface area contributed by atoms with Crippen LogP contribution in [-0.4, -0.2) is 59.2 Å². The van der Waals surface area contributed by atoms with E-state index in [1.54, 1.807) is 18.5 Å². The number of rotatable bonds is 5. The first-order valence-corrected chi connectivity index (χ1v) is 11.4. The number of carbonyl (C=O) groups is 1. The molecule has 1 atom stereocenters. The van der Waals surface area contributed by atoms with E-state index in [2.05, 4.69) is 20.1 Å². The van der Waals surface area contributed by atoms with E-state index >= 15 is 0 Å². The maximum atomic E-state index is 13.3. The molecule has 3 aromatic rings. The molecule has 8 heteroatoms. The van der Waals surface area contributed by atoms with Crippen LogP contribution in [0.5, 0.6) is 0 Å². The summed E-state index contributed by atoms with van der Waals surface area (Å²) in [6.45, 7) is 6.55. The summed E-state index contributed by atoms with van der Waals surface area (Å²) in [7, 11) is 0. The van der Waals surface area contributed by atoms with Gasteiger partial charge in [0.2, 0.25) is 5.91 Å². The van der Waals surface area contributed by atoms with Crippen molar-refractivity contribution in [3.63, 3.8) is 0 Å². The van der Waals surface area contributed by atoms with Crippen LogP contribution in [0, 0.1) is 5.82 Å². The minimum absolute atomic E-state index is 0.0319. The molecule has 1 saturated heterocycles. The van der Waals surface area contributed by atoms with Crippen LogP contribution in [0.4, 0.5) is 15.8 Å². The molecule has 2 aromatic carbocycles. The number of anilines is 2. The number of nitrogens with one attached hydrogen (secondary N) is 1. The highest BCUT2D eigenvalue weighted by molar-refractivity contribution is 5.94. The summed E-state index contributed by atoms with van der Waals surface area (Å²) in [5.41, 5.74) is 4.90. The van der Waals surface area contributed by atoms with Crippen molar-refractivity contribution in [3.8, 4) is 5.69 Å². The summed E-state index contributed by atoms with van der Waals surface area (Å²) in [5, 5.41) is 3.04. The van der Waals surface area contributed by atoms with E-state index in [0.717, 1.165) is 67.7 Å². The van der Waals surface area contributed by atoms with Crippen LogP contribution in [0.1, 0.15) is 18.3 Å². The summed E-state index contributed by atoms with van der Waals surface area (Å²) >= 11 is 0. The van der Waals surface area contributed by atoms with Crippen molar-refractivity contribution in [2.45, 2.75) is 25.9 Å². The van der Waals surface area contributed by atoms with E-state index in [9.17, 15) is 9.18 Å². The van der Waals surface area contributed by atoms with Crippen molar-refractivity contribution < 1.29 is 13.9 Å². The number of carbonyl (C=O) groups excluding carboxylic acids is 1. The number of benzene rings is 2. The van der Waals surface area contributed by atoms with Gasteiger partial charge < -0.3 is 19.5 Å². The molecule has 0 saturated carbocycles. The van der Waals surface area contributed by atoms with Crippen molar-refractivity contribution >= 4 is 17.3 Å². The predicted octanol–water partition coefficient (Wildman–Crippen LogP) is 3.23. The number of fused-ring (bicyclic) bond motifs is 1. The van der Waals surface area contributed by atoms with Gasteiger partial charge in [0, 0.05) is 55.4 Å². The molecule has 172 valence electrons. The number of aromatic nitrogens is 2. The van der Waals surface area contributed by atoms with Crippen molar-refractivity contribution in [1.82, 2.24) is 14.5 Å². The third-order valence-electron chi connectivity index (χ3n) is 6.48. The van der Waals surface area contributed by atoms with Gasteiger partial charge in [0.05, 0.1) is 31.3 Å². The van der Waals surface area contributed by atoms with Gasteiger partial charge in [-0.05, 0) is 55.5 Å². The lowest BCUT2D eigenvalue weighted by Gasteiger charge is -2.31. The smallest absolute Gasteiger partial charge is 0.241 e. The van der Waals surface area contributed by atoms with Crippen LogP contribution in [0.15, 0.2) is 54.9 Å². The van der Waals surface area contributed by atoms with Gasteiger partial charge in [-0.25, -0.2) is 9.37 Å². The highest BCUT2D eigenvalue weighted by Gasteiger charge is 2.28. The van der Waals surface area contributed by atoms with E-state index in [1.807, 2.05) is 35.8 Å². The first-order valence-electron chi connectivity index (χ1n) is 11.4. The summed E-state index contributed by atoms with van der Waals surface area (Å²) in [6, 6.07) is 14.1. The number of morpholine rings is 1. The van der Waals surface area contributed by atoms with Gasteiger partial charge >= 0.3 is 0 Å². The second-order valence-electron chi connectivity index (χ2n) is 8.52. The Morgan fingerprint density at radius 1 is 1.03 bits per heavy atom. The second-order valence-corrected chi connectivity index (χ2v) is 8.52. The fourth-order valence-corrected chi connectivity index (χ4v) is 4.47. The van der Waals surface area contributed by atoms with Gasteiger partial charge in [-0.1, -0.05) is 0 Å². The zero-order valence-electron chi connectivity index (χ0n) is 18.7. The van der Waals surface area contributed by atoms with Gasteiger partial charge in [-0.2, -0.15) is 0 Å². The van der Waals surface area contributed by atoms with Crippen molar-refractivity contribution in [1.29, 1.82) is 0 Å². The topological polar surface area (TPSA) is 62.6 Å². The number of halogens is 1. The average Bonchev–Trinajstić information content (AvgIpc) is 3.28. The first kappa shape index (κ1) is 21.6. The number of hydrogen-bond donors (Lipinski definition) is 1. The Balaban J connectivity index is 1.21. The molecule has 1 amide bonds. The third-order valence-corrected chi connectivity index (χ3v) is 6.48. The van der Waals surface area contributed by atoms with E-state index in [4.69, 9.17) is 4.74 Å². The molecular formula is C25H28FN5O2. The van der Waals surface area contributed by atoms with E-state index in [-0.39, 0.29) is 17.8 Å². The van der Waals surface area contributed by atoms with Gasteiger partial charge in [-0.3, -0.25) is 9.69 Å². The van der Waals surface area contributed by atoms with Gasteiger partial charge in [-0.15, -0.1) is 0 Å². The number of ether oxygens (including phenoxy) is 1. The Kier molecular flexibility index (Phi) is 6.11. The molecule has 0 bridgehead atoms. The SMILES string of the molecule is CC(C(=O)Nc1ccc(N2CCOCC2)cc1)N1CCc2c(ncn2-c2ccc(F)cc2)C1.